The number of rotatable bonds is 6. The van der Waals surface area contributed by atoms with Gasteiger partial charge < -0.3 is 20.3 Å². The van der Waals surface area contributed by atoms with Crippen LogP contribution < -0.4 is 10.6 Å². The second kappa shape index (κ2) is 10.3. The van der Waals surface area contributed by atoms with E-state index >= 15 is 0 Å². The number of non-ortho nitro benzene ring substituents is 1. The van der Waals surface area contributed by atoms with Crippen molar-refractivity contribution in [3.63, 3.8) is 0 Å². The summed E-state index contributed by atoms with van der Waals surface area (Å²) >= 11 is 0. The minimum Gasteiger partial charge on any atom is -0.493 e. The molecule has 1 heterocycles. The van der Waals surface area contributed by atoms with Gasteiger partial charge in [0.2, 0.25) is 11.8 Å². The molecule has 0 aliphatic rings. The molecule has 1 aromatic heterocycles. The molecule has 36 heavy (non-hydrogen) atoms. The molecule has 0 aliphatic heterocycles. The number of carbonyl (C=O) groups is 3. The number of nitrogens with zero attached hydrogens (tertiary/aromatic N) is 4. The van der Waals surface area contributed by atoms with Gasteiger partial charge in [-0.1, -0.05) is 42.5 Å². The van der Waals surface area contributed by atoms with Crippen molar-refractivity contribution in [1.82, 2.24) is 4.57 Å². The second-order valence-electron chi connectivity index (χ2n) is 7.46. The van der Waals surface area contributed by atoms with E-state index in [4.69, 9.17) is 0 Å². The fraction of sp³-hybridized carbons (Fsp3) is 0.0417. The lowest BCUT2D eigenvalue weighted by Gasteiger charge is -2.08. The van der Waals surface area contributed by atoms with E-state index < -0.39 is 28.5 Å². The number of nitro benzene ring substituents is 1. The van der Waals surface area contributed by atoms with Gasteiger partial charge in [0.15, 0.2) is 5.69 Å². The highest BCUT2D eigenvalue weighted by molar-refractivity contribution is 6.40. The molecule has 4 rings (SSSR count). The zero-order valence-corrected chi connectivity index (χ0v) is 18.5. The van der Waals surface area contributed by atoms with Crippen LogP contribution in [0.25, 0.3) is 10.9 Å². The van der Waals surface area contributed by atoms with Crippen LogP contribution in [0.4, 0.5) is 22.7 Å². The minimum atomic E-state index is -1.29. The summed E-state index contributed by atoms with van der Waals surface area (Å²) in [4.78, 5) is 47.2. The first-order valence-corrected chi connectivity index (χ1v) is 10.5. The standard InChI is InChI=1S/C24H18N6O6/c31-20(25-15-7-2-1-3-8-15)14-29-19-12-5-4-11-18(19)21(24(29)34)27-28-23(33)22(32)26-16-9-6-10-17(13-16)30(35)36/h1-13,34H,14H2,(H,25,31)(H,26,32). The maximum atomic E-state index is 12.5. The number of fused-ring (bicyclic) bond motifs is 1. The molecule has 12 nitrogen and oxygen atoms in total. The number of nitro groups is 1. The van der Waals surface area contributed by atoms with Crippen LogP contribution in [0.15, 0.2) is 89.1 Å². The van der Waals surface area contributed by atoms with Crippen molar-refractivity contribution in [2.75, 3.05) is 10.6 Å². The molecular weight excluding hydrogens is 468 g/mol. The van der Waals surface area contributed by atoms with Crippen molar-refractivity contribution < 1.29 is 24.4 Å². The van der Waals surface area contributed by atoms with Gasteiger partial charge in [-0.2, -0.15) is 0 Å². The zero-order chi connectivity index (χ0) is 25.7. The van der Waals surface area contributed by atoms with Crippen LogP contribution in [-0.4, -0.2) is 32.3 Å². The van der Waals surface area contributed by atoms with E-state index in [1.165, 1.54) is 22.8 Å². The molecule has 3 aromatic carbocycles. The number of aromatic hydroxyl groups is 1. The summed E-state index contributed by atoms with van der Waals surface area (Å²) in [5.74, 6) is -3.30. The molecular formula is C24H18N6O6. The lowest BCUT2D eigenvalue weighted by Crippen LogP contribution is -2.20. The zero-order valence-electron chi connectivity index (χ0n) is 18.5. The first-order valence-electron chi connectivity index (χ1n) is 10.5. The minimum absolute atomic E-state index is 0.0293. The van der Waals surface area contributed by atoms with E-state index in [2.05, 4.69) is 20.9 Å². The number of azo groups is 1. The number of carbonyl (C=O) groups excluding carboxylic acids is 3. The normalized spacial score (nSPS) is 10.9. The van der Waals surface area contributed by atoms with Crippen molar-refractivity contribution in [1.29, 1.82) is 0 Å². The number of aromatic nitrogens is 1. The fourth-order valence-electron chi connectivity index (χ4n) is 3.42. The average molecular weight is 486 g/mol. The SMILES string of the molecule is O=C(Cn1c(O)c(N=NC(=O)C(=O)Nc2cccc([N+](=O)[O-])c2)c2ccccc21)Nc1ccccc1. The van der Waals surface area contributed by atoms with Crippen molar-refractivity contribution >= 4 is 51.4 Å². The lowest BCUT2D eigenvalue weighted by molar-refractivity contribution is -0.384. The fourth-order valence-corrected chi connectivity index (χ4v) is 3.42. The highest BCUT2D eigenvalue weighted by atomic mass is 16.6. The van der Waals surface area contributed by atoms with E-state index in [0.717, 1.165) is 6.07 Å². The molecule has 0 atom stereocenters. The molecule has 3 amide bonds. The topological polar surface area (TPSA) is 168 Å². The smallest absolute Gasteiger partial charge is 0.353 e. The highest BCUT2D eigenvalue weighted by Crippen LogP contribution is 2.38. The van der Waals surface area contributed by atoms with Crippen molar-refractivity contribution in [3.8, 4) is 5.88 Å². The maximum absolute atomic E-state index is 12.5. The van der Waals surface area contributed by atoms with Crippen LogP contribution in [-0.2, 0) is 20.9 Å². The molecule has 0 spiro atoms. The molecule has 0 fully saturated rings. The van der Waals surface area contributed by atoms with Gasteiger partial charge >= 0.3 is 11.8 Å². The van der Waals surface area contributed by atoms with E-state index in [9.17, 15) is 29.6 Å². The Morgan fingerprint density at radius 3 is 2.36 bits per heavy atom. The highest BCUT2D eigenvalue weighted by Gasteiger charge is 2.20. The van der Waals surface area contributed by atoms with Gasteiger partial charge in [0, 0.05) is 28.9 Å². The van der Waals surface area contributed by atoms with E-state index in [0.29, 0.717) is 16.6 Å². The average Bonchev–Trinajstić information content (AvgIpc) is 3.13. The Labute approximate surface area is 203 Å². The number of anilines is 2. The van der Waals surface area contributed by atoms with E-state index in [-0.39, 0.29) is 23.6 Å². The molecule has 3 N–H and O–H groups in total. The molecule has 0 saturated carbocycles. The number of nitrogens with one attached hydrogen (secondary N) is 2. The molecule has 0 aliphatic carbocycles. The van der Waals surface area contributed by atoms with Gasteiger partial charge in [-0.3, -0.25) is 24.5 Å². The van der Waals surface area contributed by atoms with Crippen LogP contribution in [0.1, 0.15) is 0 Å². The van der Waals surface area contributed by atoms with E-state index in [1.54, 1.807) is 48.5 Å². The maximum Gasteiger partial charge on any atom is 0.353 e. The molecule has 0 bridgehead atoms. The summed E-state index contributed by atoms with van der Waals surface area (Å²) in [5, 5.41) is 34.1. The molecule has 0 radical (unpaired) electrons. The number of hydrogen-bond donors (Lipinski definition) is 3. The number of hydrogen-bond acceptors (Lipinski definition) is 7. The molecule has 0 unspecified atom stereocenters. The third-order valence-corrected chi connectivity index (χ3v) is 5.03. The van der Waals surface area contributed by atoms with Crippen molar-refractivity contribution in [2.45, 2.75) is 6.54 Å². The van der Waals surface area contributed by atoms with Crippen LogP contribution in [0.2, 0.25) is 0 Å². The molecule has 180 valence electrons. The van der Waals surface area contributed by atoms with Gasteiger partial charge in [-0.15, -0.1) is 10.2 Å². The largest absolute Gasteiger partial charge is 0.493 e. The van der Waals surface area contributed by atoms with Crippen molar-refractivity contribution in [2.24, 2.45) is 10.2 Å². The number of benzene rings is 3. The molecule has 4 aromatic rings. The molecule has 0 saturated heterocycles. The van der Waals surface area contributed by atoms with Crippen LogP contribution in [0.5, 0.6) is 5.88 Å². The Balaban J connectivity index is 1.53. The third kappa shape index (κ3) is 5.22. The lowest BCUT2D eigenvalue weighted by atomic mass is 10.2. The van der Waals surface area contributed by atoms with Gasteiger partial charge in [0.1, 0.15) is 6.54 Å². The molecule has 12 heteroatoms. The summed E-state index contributed by atoms with van der Waals surface area (Å²) in [7, 11) is 0. The first-order chi connectivity index (χ1) is 17.3. The van der Waals surface area contributed by atoms with Gasteiger partial charge in [-0.05, 0) is 24.3 Å². The summed E-state index contributed by atoms with van der Waals surface area (Å²) in [6.45, 7) is -0.252. The van der Waals surface area contributed by atoms with Gasteiger partial charge in [0.25, 0.3) is 5.69 Å². The summed E-state index contributed by atoms with van der Waals surface area (Å²) < 4.78 is 1.30. The van der Waals surface area contributed by atoms with Crippen LogP contribution >= 0.6 is 0 Å². The predicted molar refractivity (Wildman–Crippen MR) is 130 cm³/mol. The predicted octanol–water partition coefficient (Wildman–Crippen LogP) is 4.14. The van der Waals surface area contributed by atoms with Crippen molar-refractivity contribution in [3.05, 3.63) is 89.0 Å². The van der Waals surface area contributed by atoms with Gasteiger partial charge in [0.05, 0.1) is 10.4 Å². The summed E-state index contributed by atoms with van der Waals surface area (Å²) in [6.07, 6.45) is 0. The summed E-state index contributed by atoms with van der Waals surface area (Å²) in [5.41, 5.74) is 0.700. The quantitative estimate of drug-likeness (QED) is 0.160. The third-order valence-electron chi connectivity index (χ3n) is 5.03. The Morgan fingerprint density at radius 2 is 1.61 bits per heavy atom. The Bertz CT molecular complexity index is 1510. The Hall–Kier alpha value is -5.39. The Kier molecular flexibility index (Phi) is 6.77. The monoisotopic (exact) mass is 486 g/mol. The number of amides is 3. The number of para-hydroxylation sites is 2. The van der Waals surface area contributed by atoms with Crippen LogP contribution in [0, 0.1) is 10.1 Å². The summed E-state index contributed by atoms with van der Waals surface area (Å²) in [6, 6.07) is 20.5. The second-order valence-corrected chi connectivity index (χ2v) is 7.46. The first kappa shape index (κ1) is 23.8. The Morgan fingerprint density at radius 1 is 0.917 bits per heavy atom. The van der Waals surface area contributed by atoms with E-state index in [1.807, 2.05) is 6.07 Å². The van der Waals surface area contributed by atoms with Gasteiger partial charge in [-0.25, -0.2) is 0 Å². The van der Waals surface area contributed by atoms with Crippen LogP contribution in [0.3, 0.4) is 0 Å².